The van der Waals surface area contributed by atoms with Crippen LogP contribution < -0.4 is 9.80 Å². The van der Waals surface area contributed by atoms with Crippen molar-refractivity contribution >= 4 is 21.8 Å². The minimum Gasteiger partial charge on any atom is -0.354 e. The first-order valence-corrected chi connectivity index (χ1v) is 11.3. The van der Waals surface area contributed by atoms with E-state index in [1.54, 1.807) is 6.20 Å². The van der Waals surface area contributed by atoms with Gasteiger partial charge in [-0.05, 0) is 37.1 Å². The van der Waals surface area contributed by atoms with E-state index in [0.717, 1.165) is 49.9 Å². The summed E-state index contributed by atoms with van der Waals surface area (Å²) in [6.07, 6.45) is 4.00. The number of hydrogen-bond acceptors (Lipinski definition) is 6. The Labute approximate surface area is 169 Å². The molecule has 0 radical (unpaired) electrons. The number of piperazine rings is 1. The van der Waals surface area contributed by atoms with Crippen molar-refractivity contribution in [2.45, 2.75) is 18.6 Å². The van der Waals surface area contributed by atoms with E-state index in [-0.39, 0.29) is 18.7 Å². The zero-order chi connectivity index (χ0) is 20.4. The second-order valence-corrected chi connectivity index (χ2v) is 9.26. The maximum absolute atomic E-state index is 13.8. The van der Waals surface area contributed by atoms with Gasteiger partial charge in [0, 0.05) is 51.0 Å². The van der Waals surface area contributed by atoms with Gasteiger partial charge < -0.3 is 9.80 Å². The molecule has 0 saturated carbocycles. The Kier molecular flexibility index (Phi) is 5.64. The number of anilines is 2. The molecule has 2 aliphatic rings. The number of rotatable bonds is 5. The van der Waals surface area contributed by atoms with E-state index in [4.69, 9.17) is 0 Å². The average Bonchev–Trinajstić information content (AvgIpc) is 3.26. The highest BCUT2D eigenvalue weighted by Gasteiger charge is 2.29. The molecular formula is C19H23F2N5O2S. The summed E-state index contributed by atoms with van der Waals surface area (Å²) in [4.78, 5) is 13.2. The van der Waals surface area contributed by atoms with Crippen molar-refractivity contribution in [2.24, 2.45) is 0 Å². The van der Waals surface area contributed by atoms with Crippen LogP contribution in [0.25, 0.3) is 0 Å². The molecule has 0 bridgehead atoms. The first kappa shape index (κ1) is 20.0. The Morgan fingerprint density at radius 1 is 0.931 bits per heavy atom. The summed E-state index contributed by atoms with van der Waals surface area (Å²) >= 11 is 0. The second-order valence-electron chi connectivity index (χ2n) is 7.29. The van der Waals surface area contributed by atoms with Gasteiger partial charge in [-0.15, -0.1) is 0 Å². The molecule has 7 nitrogen and oxygen atoms in total. The van der Waals surface area contributed by atoms with Crippen LogP contribution in [0.3, 0.4) is 0 Å². The van der Waals surface area contributed by atoms with Crippen LogP contribution in [-0.2, 0) is 15.8 Å². The average molecular weight is 423 g/mol. The van der Waals surface area contributed by atoms with Gasteiger partial charge in [0.25, 0.3) is 0 Å². The van der Waals surface area contributed by atoms with E-state index in [9.17, 15) is 17.2 Å². The highest BCUT2D eigenvalue weighted by Crippen LogP contribution is 2.22. The SMILES string of the molecule is O=S(=O)(Cc1cc(F)ccc1F)N1CCN(c2ccnc(N3CCCC3)n2)CC1. The summed E-state index contributed by atoms with van der Waals surface area (Å²) < 4.78 is 53.9. The molecule has 2 aliphatic heterocycles. The molecule has 10 heteroatoms. The van der Waals surface area contributed by atoms with Crippen molar-refractivity contribution in [1.82, 2.24) is 14.3 Å². The summed E-state index contributed by atoms with van der Waals surface area (Å²) in [6.45, 7) is 3.38. The summed E-state index contributed by atoms with van der Waals surface area (Å²) in [5, 5.41) is 0. The van der Waals surface area contributed by atoms with Crippen LogP contribution in [0.4, 0.5) is 20.5 Å². The molecule has 1 aromatic carbocycles. The van der Waals surface area contributed by atoms with Crippen molar-refractivity contribution in [3.8, 4) is 0 Å². The van der Waals surface area contributed by atoms with Crippen LogP contribution in [0, 0.1) is 11.6 Å². The van der Waals surface area contributed by atoms with Gasteiger partial charge in [-0.3, -0.25) is 0 Å². The quantitative estimate of drug-likeness (QED) is 0.733. The Morgan fingerprint density at radius 3 is 2.38 bits per heavy atom. The lowest BCUT2D eigenvalue weighted by atomic mass is 10.2. The van der Waals surface area contributed by atoms with Gasteiger partial charge in [-0.1, -0.05) is 0 Å². The molecule has 3 heterocycles. The summed E-state index contributed by atoms with van der Waals surface area (Å²) in [5.41, 5.74) is -0.154. The van der Waals surface area contributed by atoms with Crippen molar-refractivity contribution in [2.75, 3.05) is 49.1 Å². The second kappa shape index (κ2) is 8.19. The Morgan fingerprint density at radius 2 is 1.66 bits per heavy atom. The third-order valence-electron chi connectivity index (χ3n) is 5.32. The molecule has 156 valence electrons. The number of hydrogen-bond donors (Lipinski definition) is 0. The van der Waals surface area contributed by atoms with E-state index in [1.165, 1.54) is 4.31 Å². The first-order chi connectivity index (χ1) is 13.9. The Bertz CT molecular complexity index is 974. The van der Waals surface area contributed by atoms with E-state index in [1.807, 2.05) is 11.0 Å². The monoisotopic (exact) mass is 423 g/mol. The fourth-order valence-corrected chi connectivity index (χ4v) is 5.24. The van der Waals surface area contributed by atoms with Crippen molar-refractivity contribution in [3.63, 3.8) is 0 Å². The lowest BCUT2D eigenvalue weighted by molar-refractivity contribution is 0.383. The molecule has 0 spiro atoms. The normalized spacial score (nSPS) is 18.4. The highest BCUT2D eigenvalue weighted by molar-refractivity contribution is 7.88. The molecule has 0 unspecified atom stereocenters. The Hall–Kier alpha value is -2.33. The highest BCUT2D eigenvalue weighted by atomic mass is 32.2. The molecule has 1 aromatic heterocycles. The predicted octanol–water partition coefficient (Wildman–Crippen LogP) is 2.01. The van der Waals surface area contributed by atoms with Gasteiger partial charge in [-0.2, -0.15) is 9.29 Å². The minimum absolute atomic E-state index is 0.154. The van der Waals surface area contributed by atoms with Crippen molar-refractivity contribution < 1.29 is 17.2 Å². The number of nitrogens with zero attached hydrogens (tertiary/aromatic N) is 5. The van der Waals surface area contributed by atoms with Gasteiger partial charge in [0.05, 0.1) is 5.75 Å². The summed E-state index contributed by atoms with van der Waals surface area (Å²) in [6, 6.07) is 4.68. The van der Waals surface area contributed by atoms with Crippen LogP contribution in [0.5, 0.6) is 0 Å². The van der Waals surface area contributed by atoms with Crippen LogP contribution >= 0.6 is 0 Å². The number of halogens is 2. The van der Waals surface area contributed by atoms with Crippen molar-refractivity contribution in [1.29, 1.82) is 0 Å². The van der Waals surface area contributed by atoms with Gasteiger partial charge in [0.1, 0.15) is 17.5 Å². The van der Waals surface area contributed by atoms with Gasteiger partial charge in [0.15, 0.2) is 0 Å². The third-order valence-corrected chi connectivity index (χ3v) is 7.15. The number of benzene rings is 1. The van der Waals surface area contributed by atoms with Crippen LogP contribution in [0.1, 0.15) is 18.4 Å². The van der Waals surface area contributed by atoms with Crippen LogP contribution in [-0.4, -0.2) is 62.0 Å². The molecule has 0 aliphatic carbocycles. The maximum atomic E-state index is 13.8. The van der Waals surface area contributed by atoms with E-state index >= 15 is 0 Å². The smallest absolute Gasteiger partial charge is 0.227 e. The molecule has 0 amide bonds. The zero-order valence-electron chi connectivity index (χ0n) is 16.0. The molecule has 4 rings (SSSR count). The van der Waals surface area contributed by atoms with Crippen LogP contribution in [0.2, 0.25) is 0 Å². The van der Waals surface area contributed by atoms with E-state index in [2.05, 4.69) is 14.9 Å². The lowest BCUT2D eigenvalue weighted by Crippen LogP contribution is -2.49. The predicted molar refractivity (Wildman–Crippen MR) is 106 cm³/mol. The molecule has 29 heavy (non-hydrogen) atoms. The molecule has 2 saturated heterocycles. The third kappa shape index (κ3) is 4.48. The molecule has 0 N–H and O–H groups in total. The fourth-order valence-electron chi connectivity index (χ4n) is 3.72. The Balaban J connectivity index is 1.41. The van der Waals surface area contributed by atoms with Crippen molar-refractivity contribution in [3.05, 3.63) is 47.7 Å². The van der Waals surface area contributed by atoms with Gasteiger partial charge in [-0.25, -0.2) is 22.2 Å². The number of aromatic nitrogens is 2. The largest absolute Gasteiger partial charge is 0.354 e. The maximum Gasteiger partial charge on any atom is 0.227 e. The summed E-state index contributed by atoms with van der Waals surface area (Å²) in [7, 11) is -3.74. The van der Waals surface area contributed by atoms with Gasteiger partial charge >= 0.3 is 0 Å². The zero-order valence-corrected chi connectivity index (χ0v) is 16.8. The molecule has 0 atom stereocenters. The van der Waals surface area contributed by atoms with Gasteiger partial charge in [0.2, 0.25) is 16.0 Å². The fraction of sp³-hybridized carbons (Fsp3) is 0.474. The summed E-state index contributed by atoms with van der Waals surface area (Å²) in [5.74, 6) is -0.446. The minimum atomic E-state index is -3.74. The lowest BCUT2D eigenvalue weighted by Gasteiger charge is -2.35. The van der Waals surface area contributed by atoms with E-state index < -0.39 is 27.4 Å². The molecule has 2 aromatic rings. The standard InChI is InChI=1S/C19H23F2N5O2S/c20-16-3-4-17(21)15(13-16)14-29(27,28)26-11-9-24(10-12-26)18-5-6-22-19(23-18)25-7-1-2-8-25/h3-6,13H,1-2,7-12,14H2. The molecule has 2 fully saturated rings. The topological polar surface area (TPSA) is 69.6 Å². The van der Waals surface area contributed by atoms with Crippen LogP contribution in [0.15, 0.2) is 30.5 Å². The number of sulfonamides is 1. The molecular weight excluding hydrogens is 400 g/mol. The van der Waals surface area contributed by atoms with E-state index in [0.29, 0.717) is 19.0 Å². The first-order valence-electron chi connectivity index (χ1n) is 9.67.